The van der Waals surface area contributed by atoms with Gasteiger partial charge in [0.1, 0.15) is 17.5 Å². The number of aliphatic hydroxyl groups excluding tert-OH is 1. The maximum atomic E-state index is 10.4. The molecule has 0 spiro atoms. The zero-order chi connectivity index (χ0) is 11.6. The van der Waals surface area contributed by atoms with E-state index >= 15 is 0 Å². The smallest absolute Gasteiger partial charge is 0.143 e. The first kappa shape index (κ1) is 11.4. The molecule has 1 aliphatic rings. The number of methoxy groups -OCH3 is 1. The summed E-state index contributed by atoms with van der Waals surface area (Å²) in [6.07, 6.45) is 5.71. The van der Waals surface area contributed by atoms with E-state index in [1.54, 1.807) is 13.3 Å². The molecule has 1 unspecified atom stereocenters. The van der Waals surface area contributed by atoms with Crippen molar-refractivity contribution in [2.75, 3.05) is 7.11 Å². The van der Waals surface area contributed by atoms with Crippen molar-refractivity contribution in [3.63, 3.8) is 0 Å². The number of rotatable bonds is 3. The van der Waals surface area contributed by atoms with Crippen molar-refractivity contribution in [1.29, 1.82) is 0 Å². The Morgan fingerprint density at radius 2 is 2.12 bits per heavy atom. The topological polar surface area (TPSA) is 42.4 Å². The summed E-state index contributed by atoms with van der Waals surface area (Å²) in [5, 5.41) is 10.4. The van der Waals surface area contributed by atoms with Gasteiger partial charge in [0.15, 0.2) is 0 Å². The van der Waals surface area contributed by atoms with Crippen molar-refractivity contribution < 1.29 is 9.84 Å². The van der Waals surface area contributed by atoms with E-state index < -0.39 is 6.10 Å². The molecule has 0 saturated heterocycles. The van der Waals surface area contributed by atoms with Crippen LogP contribution in [0.15, 0.2) is 18.3 Å². The van der Waals surface area contributed by atoms with Crippen LogP contribution in [0.4, 0.5) is 0 Å². The van der Waals surface area contributed by atoms with Gasteiger partial charge < -0.3 is 9.84 Å². The summed E-state index contributed by atoms with van der Waals surface area (Å²) >= 11 is 0. The summed E-state index contributed by atoms with van der Waals surface area (Å²) < 4.78 is 5.25. The Labute approximate surface area is 96.5 Å². The van der Waals surface area contributed by atoms with E-state index in [2.05, 4.69) is 11.9 Å². The standard InChI is InChI=1S/C13H19NO2/c1-13(7-3-4-8-13)12(15)11-10(16-2)6-5-9-14-11/h5-6,9,12,15H,3-4,7-8H2,1-2H3. The van der Waals surface area contributed by atoms with Crippen molar-refractivity contribution >= 4 is 0 Å². The average Bonchev–Trinajstić information content (AvgIpc) is 2.76. The normalized spacial score (nSPS) is 20.7. The minimum absolute atomic E-state index is 0.0400. The van der Waals surface area contributed by atoms with Gasteiger partial charge in [-0.2, -0.15) is 0 Å². The predicted octanol–water partition coefficient (Wildman–Crippen LogP) is 2.70. The van der Waals surface area contributed by atoms with E-state index in [9.17, 15) is 5.11 Å². The highest BCUT2D eigenvalue weighted by molar-refractivity contribution is 5.29. The van der Waals surface area contributed by atoms with Crippen molar-refractivity contribution in [3.05, 3.63) is 24.0 Å². The lowest BCUT2D eigenvalue weighted by molar-refractivity contribution is 0.0353. The van der Waals surface area contributed by atoms with Gasteiger partial charge in [0.25, 0.3) is 0 Å². The fourth-order valence-electron chi connectivity index (χ4n) is 2.57. The Morgan fingerprint density at radius 1 is 1.44 bits per heavy atom. The molecule has 1 atom stereocenters. The van der Waals surface area contributed by atoms with Crippen molar-refractivity contribution in [1.82, 2.24) is 4.98 Å². The Kier molecular flexibility index (Phi) is 3.15. The van der Waals surface area contributed by atoms with Crippen LogP contribution < -0.4 is 4.74 Å². The quantitative estimate of drug-likeness (QED) is 0.853. The molecule has 1 aromatic rings. The van der Waals surface area contributed by atoms with E-state index in [-0.39, 0.29) is 5.41 Å². The molecule has 0 bridgehead atoms. The SMILES string of the molecule is COc1cccnc1C(O)C1(C)CCCC1. The largest absolute Gasteiger partial charge is 0.495 e. The first-order valence-electron chi connectivity index (χ1n) is 5.84. The number of aliphatic hydroxyl groups is 1. The highest BCUT2D eigenvalue weighted by atomic mass is 16.5. The monoisotopic (exact) mass is 221 g/mol. The molecule has 1 heterocycles. The highest BCUT2D eigenvalue weighted by Gasteiger charge is 2.38. The van der Waals surface area contributed by atoms with Crippen molar-refractivity contribution in [2.24, 2.45) is 5.41 Å². The molecule has 1 saturated carbocycles. The van der Waals surface area contributed by atoms with Crippen LogP contribution in [-0.4, -0.2) is 17.2 Å². The Bertz CT molecular complexity index is 359. The lowest BCUT2D eigenvalue weighted by Gasteiger charge is -2.30. The third-order valence-electron chi connectivity index (χ3n) is 3.68. The van der Waals surface area contributed by atoms with Gasteiger partial charge in [-0.15, -0.1) is 0 Å². The second-order valence-corrected chi connectivity index (χ2v) is 4.85. The number of nitrogens with zero attached hydrogens (tertiary/aromatic N) is 1. The lowest BCUT2D eigenvalue weighted by Crippen LogP contribution is -2.23. The van der Waals surface area contributed by atoms with Crippen LogP contribution in [0, 0.1) is 5.41 Å². The second kappa shape index (κ2) is 4.42. The summed E-state index contributed by atoms with van der Waals surface area (Å²) in [4.78, 5) is 4.26. The number of aromatic nitrogens is 1. The Balaban J connectivity index is 2.29. The van der Waals surface area contributed by atoms with E-state index in [0.29, 0.717) is 11.4 Å². The van der Waals surface area contributed by atoms with Gasteiger partial charge in [0, 0.05) is 6.20 Å². The van der Waals surface area contributed by atoms with Crippen molar-refractivity contribution in [3.8, 4) is 5.75 Å². The summed E-state index contributed by atoms with van der Waals surface area (Å²) in [6.45, 7) is 2.14. The molecule has 1 aromatic heterocycles. The molecule has 88 valence electrons. The van der Waals surface area contributed by atoms with Crippen LogP contribution >= 0.6 is 0 Å². The van der Waals surface area contributed by atoms with Crippen molar-refractivity contribution in [2.45, 2.75) is 38.7 Å². The van der Waals surface area contributed by atoms with Crippen LogP contribution in [0.1, 0.15) is 44.4 Å². The molecule has 16 heavy (non-hydrogen) atoms. The molecular formula is C13H19NO2. The molecule has 1 fully saturated rings. The molecule has 1 aliphatic carbocycles. The first-order chi connectivity index (χ1) is 7.67. The number of pyridine rings is 1. The molecule has 3 heteroatoms. The zero-order valence-electron chi connectivity index (χ0n) is 9.94. The van der Waals surface area contributed by atoms with Gasteiger partial charge in [0.2, 0.25) is 0 Å². The van der Waals surface area contributed by atoms with Gasteiger partial charge in [-0.3, -0.25) is 4.98 Å². The molecule has 0 radical (unpaired) electrons. The Hall–Kier alpha value is -1.09. The van der Waals surface area contributed by atoms with E-state index in [1.807, 2.05) is 12.1 Å². The van der Waals surface area contributed by atoms with Crippen LogP contribution in [0.2, 0.25) is 0 Å². The van der Waals surface area contributed by atoms with Gasteiger partial charge in [-0.05, 0) is 30.4 Å². The van der Waals surface area contributed by atoms with E-state index in [1.165, 1.54) is 12.8 Å². The molecule has 3 nitrogen and oxygen atoms in total. The third kappa shape index (κ3) is 1.92. The Morgan fingerprint density at radius 3 is 2.75 bits per heavy atom. The van der Waals surface area contributed by atoms with Gasteiger partial charge in [-0.25, -0.2) is 0 Å². The first-order valence-corrected chi connectivity index (χ1v) is 5.84. The van der Waals surface area contributed by atoms with Gasteiger partial charge in [-0.1, -0.05) is 19.8 Å². The summed E-state index contributed by atoms with van der Waals surface area (Å²) in [5.41, 5.74) is 0.635. The summed E-state index contributed by atoms with van der Waals surface area (Å²) in [7, 11) is 1.62. The molecule has 0 amide bonds. The minimum Gasteiger partial charge on any atom is -0.495 e. The van der Waals surface area contributed by atoms with Crippen LogP contribution in [0.3, 0.4) is 0 Å². The van der Waals surface area contributed by atoms with Gasteiger partial charge in [0.05, 0.1) is 7.11 Å². The van der Waals surface area contributed by atoms with E-state index in [0.717, 1.165) is 12.8 Å². The molecule has 0 aliphatic heterocycles. The van der Waals surface area contributed by atoms with Crippen LogP contribution in [-0.2, 0) is 0 Å². The fraction of sp³-hybridized carbons (Fsp3) is 0.615. The minimum atomic E-state index is -0.522. The van der Waals surface area contributed by atoms with Crippen LogP contribution in [0.25, 0.3) is 0 Å². The summed E-state index contributed by atoms with van der Waals surface area (Å²) in [5.74, 6) is 0.683. The third-order valence-corrected chi connectivity index (χ3v) is 3.68. The molecule has 2 rings (SSSR count). The average molecular weight is 221 g/mol. The second-order valence-electron chi connectivity index (χ2n) is 4.85. The van der Waals surface area contributed by atoms with Crippen LogP contribution in [0.5, 0.6) is 5.75 Å². The zero-order valence-corrected chi connectivity index (χ0v) is 9.94. The number of ether oxygens (including phenoxy) is 1. The molecular weight excluding hydrogens is 202 g/mol. The fourth-order valence-corrected chi connectivity index (χ4v) is 2.57. The number of hydrogen-bond acceptors (Lipinski definition) is 3. The maximum Gasteiger partial charge on any atom is 0.143 e. The predicted molar refractivity (Wildman–Crippen MR) is 62.3 cm³/mol. The van der Waals surface area contributed by atoms with Gasteiger partial charge >= 0.3 is 0 Å². The molecule has 0 aromatic carbocycles. The highest BCUT2D eigenvalue weighted by Crippen LogP contribution is 2.48. The maximum absolute atomic E-state index is 10.4. The summed E-state index contributed by atoms with van der Waals surface area (Å²) in [6, 6.07) is 3.68. The van der Waals surface area contributed by atoms with E-state index in [4.69, 9.17) is 4.74 Å². The lowest BCUT2D eigenvalue weighted by atomic mass is 9.80. The number of hydrogen-bond donors (Lipinski definition) is 1. The molecule has 1 N–H and O–H groups in total.